The van der Waals surface area contributed by atoms with E-state index in [1.54, 1.807) is 6.20 Å². The lowest BCUT2D eigenvalue weighted by Crippen LogP contribution is -2.37. The number of amides is 2. The topological polar surface area (TPSA) is 107 Å². The number of pyridine rings is 1. The summed E-state index contributed by atoms with van der Waals surface area (Å²) in [5.41, 5.74) is 2.03. The second-order valence-corrected chi connectivity index (χ2v) is 9.63. The molecular formula is C23H33N5O3S. The molecular weight excluding hydrogens is 426 g/mol. The molecule has 174 valence electrons. The standard InChI is InChI=1S/C23H33N5O3S/c1-6-16(12-29)26-21(30)22-27-19(23(31)28-9-7-8-15(28)5)20(32-22)17-11-24-18(10-14(17)4)25-13(2)3/h10-11,13,15-16,29H,6-9,12H2,1-5H3,(H,24,25)(H,26,30)/t15-,16-/m0/s1. The molecule has 0 unspecified atom stereocenters. The van der Waals surface area contributed by atoms with E-state index in [1.807, 2.05) is 45.6 Å². The van der Waals surface area contributed by atoms with Gasteiger partial charge in [-0.3, -0.25) is 9.59 Å². The Balaban J connectivity index is 2.02. The number of carbonyl (C=O) groups is 2. The number of aromatic nitrogens is 2. The van der Waals surface area contributed by atoms with Crippen LogP contribution in [0.5, 0.6) is 0 Å². The number of thiazole rings is 1. The second kappa shape index (κ2) is 10.4. The van der Waals surface area contributed by atoms with Crippen LogP contribution in [-0.4, -0.2) is 63.1 Å². The van der Waals surface area contributed by atoms with Crippen molar-refractivity contribution in [2.75, 3.05) is 18.5 Å². The normalized spacial score (nSPS) is 17.0. The summed E-state index contributed by atoms with van der Waals surface area (Å²) >= 11 is 1.19. The summed E-state index contributed by atoms with van der Waals surface area (Å²) in [5, 5.41) is 15.7. The van der Waals surface area contributed by atoms with Gasteiger partial charge in [-0.05, 0) is 58.6 Å². The predicted octanol–water partition coefficient (Wildman–Crippen LogP) is 3.46. The molecule has 1 fully saturated rings. The van der Waals surface area contributed by atoms with Crippen LogP contribution in [-0.2, 0) is 0 Å². The van der Waals surface area contributed by atoms with Crippen molar-refractivity contribution in [3.8, 4) is 10.4 Å². The van der Waals surface area contributed by atoms with Gasteiger partial charge in [0, 0.05) is 30.4 Å². The Hall–Kier alpha value is -2.52. The van der Waals surface area contributed by atoms with Crippen molar-refractivity contribution in [2.24, 2.45) is 0 Å². The second-order valence-electron chi connectivity index (χ2n) is 8.63. The summed E-state index contributed by atoms with van der Waals surface area (Å²) in [6, 6.07) is 1.99. The third kappa shape index (κ3) is 5.27. The Morgan fingerprint density at radius 2 is 2.12 bits per heavy atom. The fourth-order valence-corrected chi connectivity index (χ4v) is 4.84. The molecule has 1 aliphatic heterocycles. The van der Waals surface area contributed by atoms with Gasteiger partial charge in [0.2, 0.25) is 0 Å². The third-order valence-corrected chi connectivity index (χ3v) is 6.77. The maximum atomic E-state index is 13.4. The van der Waals surface area contributed by atoms with Gasteiger partial charge in [0.1, 0.15) is 11.5 Å². The smallest absolute Gasteiger partial charge is 0.280 e. The zero-order chi connectivity index (χ0) is 23.4. The van der Waals surface area contributed by atoms with Crippen LogP contribution >= 0.6 is 11.3 Å². The zero-order valence-electron chi connectivity index (χ0n) is 19.4. The number of carbonyl (C=O) groups excluding carboxylic acids is 2. The van der Waals surface area contributed by atoms with E-state index >= 15 is 0 Å². The Labute approximate surface area is 193 Å². The van der Waals surface area contributed by atoms with E-state index in [0.29, 0.717) is 23.5 Å². The van der Waals surface area contributed by atoms with E-state index in [0.717, 1.165) is 29.8 Å². The van der Waals surface area contributed by atoms with Gasteiger partial charge in [0.15, 0.2) is 5.01 Å². The van der Waals surface area contributed by atoms with Gasteiger partial charge in [-0.15, -0.1) is 11.3 Å². The molecule has 1 aliphatic rings. The number of hydrogen-bond acceptors (Lipinski definition) is 7. The number of rotatable bonds is 8. The lowest BCUT2D eigenvalue weighted by Gasteiger charge is -2.21. The van der Waals surface area contributed by atoms with Gasteiger partial charge in [-0.1, -0.05) is 6.92 Å². The number of nitrogens with one attached hydrogen (secondary N) is 2. The van der Waals surface area contributed by atoms with Crippen LogP contribution in [0.3, 0.4) is 0 Å². The number of hydrogen-bond donors (Lipinski definition) is 3. The molecule has 3 heterocycles. The zero-order valence-corrected chi connectivity index (χ0v) is 20.3. The number of nitrogens with zero attached hydrogens (tertiary/aromatic N) is 3. The van der Waals surface area contributed by atoms with Crippen molar-refractivity contribution in [2.45, 2.75) is 72.0 Å². The van der Waals surface area contributed by atoms with Gasteiger partial charge in [-0.25, -0.2) is 9.97 Å². The van der Waals surface area contributed by atoms with Crippen LogP contribution in [0.2, 0.25) is 0 Å². The molecule has 0 bridgehead atoms. The highest BCUT2D eigenvalue weighted by atomic mass is 32.1. The Morgan fingerprint density at radius 1 is 1.38 bits per heavy atom. The maximum Gasteiger partial charge on any atom is 0.280 e. The van der Waals surface area contributed by atoms with Gasteiger partial charge in [0.25, 0.3) is 11.8 Å². The molecule has 2 aromatic rings. The molecule has 1 saturated heterocycles. The number of aliphatic hydroxyl groups is 1. The monoisotopic (exact) mass is 459 g/mol. The first-order valence-corrected chi connectivity index (χ1v) is 12.0. The molecule has 3 rings (SSSR count). The lowest BCUT2D eigenvalue weighted by atomic mass is 10.1. The third-order valence-electron chi connectivity index (χ3n) is 5.68. The molecule has 2 amide bonds. The highest BCUT2D eigenvalue weighted by Gasteiger charge is 2.32. The number of aryl methyl sites for hydroxylation is 1. The van der Waals surface area contributed by atoms with E-state index in [4.69, 9.17) is 0 Å². The van der Waals surface area contributed by atoms with Crippen LogP contribution in [0.15, 0.2) is 12.3 Å². The van der Waals surface area contributed by atoms with Crippen LogP contribution in [0.1, 0.15) is 72.8 Å². The molecule has 8 nitrogen and oxygen atoms in total. The lowest BCUT2D eigenvalue weighted by molar-refractivity contribution is 0.0743. The first-order valence-electron chi connectivity index (χ1n) is 11.2. The maximum absolute atomic E-state index is 13.4. The van der Waals surface area contributed by atoms with Gasteiger partial charge in [0.05, 0.1) is 17.5 Å². The molecule has 32 heavy (non-hydrogen) atoms. The molecule has 0 radical (unpaired) electrons. The van der Waals surface area contributed by atoms with E-state index in [9.17, 15) is 14.7 Å². The van der Waals surface area contributed by atoms with Crippen LogP contribution < -0.4 is 10.6 Å². The average molecular weight is 460 g/mol. The molecule has 0 aliphatic carbocycles. The molecule has 0 aromatic carbocycles. The van der Waals surface area contributed by atoms with Gasteiger partial charge in [-0.2, -0.15) is 0 Å². The van der Waals surface area contributed by atoms with Crippen molar-refractivity contribution >= 4 is 29.0 Å². The van der Waals surface area contributed by atoms with E-state index in [-0.39, 0.29) is 41.6 Å². The van der Waals surface area contributed by atoms with Crippen LogP contribution in [0.25, 0.3) is 10.4 Å². The Bertz CT molecular complexity index is 971. The summed E-state index contributed by atoms with van der Waals surface area (Å²) in [4.78, 5) is 37.7. The Kier molecular flexibility index (Phi) is 7.84. The summed E-state index contributed by atoms with van der Waals surface area (Å²) in [5.74, 6) is 0.228. The average Bonchev–Trinajstić information content (AvgIpc) is 3.37. The van der Waals surface area contributed by atoms with Gasteiger partial charge < -0.3 is 20.6 Å². The minimum absolute atomic E-state index is 0.144. The first-order chi connectivity index (χ1) is 15.2. The molecule has 3 N–H and O–H groups in total. The minimum Gasteiger partial charge on any atom is -0.394 e. The highest BCUT2D eigenvalue weighted by molar-refractivity contribution is 7.17. The molecule has 2 aromatic heterocycles. The van der Waals surface area contributed by atoms with E-state index in [2.05, 4.69) is 20.6 Å². The summed E-state index contributed by atoms with van der Waals surface area (Å²) in [7, 11) is 0. The van der Waals surface area contributed by atoms with Crippen molar-refractivity contribution in [1.82, 2.24) is 20.2 Å². The van der Waals surface area contributed by atoms with Gasteiger partial charge >= 0.3 is 0 Å². The van der Waals surface area contributed by atoms with E-state index < -0.39 is 0 Å². The molecule has 9 heteroatoms. The first kappa shape index (κ1) is 24.1. The van der Waals surface area contributed by atoms with Crippen LogP contribution in [0.4, 0.5) is 5.82 Å². The SMILES string of the molecule is CC[C@@H](CO)NC(=O)c1nc(C(=O)N2CCC[C@@H]2C)c(-c2cnc(NC(C)C)cc2C)s1. The molecule has 0 spiro atoms. The van der Waals surface area contributed by atoms with E-state index in [1.165, 1.54) is 11.3 Å². The molecule has 2 atom stereocenters. The highest BCUT2D eigenvalue weighted by Crippen LogP contribution is 2.35. The molecule has 0 saturated carbocycles. The number of likely N-dealkylation sites (tertiary alicyclic amines) is 1. The summed E-state index contributed by atoms with van der Waals surface area (Å²) in [6.45, 7) is 10.5. The summed E-state index contributed by atoms with van der Waals surface area (Å²) in [6.07, 6.45) is 4.26. The fraction of sp³-hybridized carbons (Fsp3) is 0.565. The number of anilines is 1. The minimum atomic E-state index is -0.380. The largest absolute Gasteiger partial charge is 0.394 e. The Morgan fingerprint density at radius 3 is 2.69 bits per heavy atom. The van der Waals surface area contributed by atoms with Crippen molar-refractivity contribution in [3.05, 3.63) is 28.5 Å². The summed E-state index contributed by atoms with van der Waals surface area (Å²) < 4.78 is 0. The van der Waals surface area contributed by atoms with Crippen molar-refractivity contribution in [1.29, 1.82) is 0 Å². The van der Waals surface area contributed by atoms with Crippen LogP contribution in [0, 0.1) is 6.92 Å². The van der Waals surface area contributed by atoms with Crippen molar-refractivity contribution < 1.29 is 14.7 Å². The fourth-order valence-electron chi connectivity index (χ4n) is 3.81. The quantitative estimate of drug-likeness (QED) is 0.558. The predicted molar refractivity (Wildman–Crippen MR) is 127 cm³/mol. The van der Waals surface area contributed by atoms with Crippen molar-refractivity contribution in [3.63, 3.8) is 0 Å². The number of aliphatic hydroxyl groups excluding tert-OH is 1.